The van der Waals surface area contributed by atoms with Gasteiger partial charge in [-0.05, 0) is 49.6 Å². The standard InChI is InChI=1S/C13H18N2/c1-9-4-5-11-8-15(3)10(2)6-12(11)13(9)7-14/h4-5,7,10,14H,6,8H2,1-3H3/t10-/m1/s1. The molecule has 1 aliphatic heterocycles. The highest BCUT2D eigenvalue weighted by molar-refractivity contribution is 5.82. The monoisotopic (exact) mass is 202 g/mol. The lowest BCUT2D eigenvalue weighted by atomic mass is 9.89. The molecule has 1 N–H and O–H groups in total. The Hall–Kier alpha value is -1.15. The number of nitrogens with one attached hydrogen (secondary N) is 1. The minimum atomic E-state index is 0.581. The van der Waals surface area contributed by atoms with E-state index in [4.69, 9.17) is 5.41 Å². The fourth-order valence-corrected chi connectivity index (χ4v) is 2.29. The maximum Gasteiger partial charge on any atom is 0.0255 e. The van der Waals surface area contributed by atoms with Gasteiger partial charge in [0.15, 0.2) is 0 Å². The van der Waals surface area contributed by atoms with Crippen molar-refractivity contribution >= 4 is 6.21 Å². The first-order valence-electron chi connectivity index (χ1n) is 5.45. The van der Waals surface area contributed by atoms with Crippen LogP contribution in [-0.4, -0.2) is 24.2 Å². The van der Waals surface area contributed by atoms with Gasteiger partial charge in [0.1, 0.15) is 0 Å². The topological polar surface area (TPSA) is 27.1 Å². The maximum absolute atomic E-state index is 7.50. The number of benzene rings is 1. The predicted molar refractivity (Wildman–Crippen MR) is 63.7 cm³/mol. The molecule has 1 aliphatic rings. The molecule has 0 radical (unpaired) electrons. The first kappa shape index (κ1) is 10.4. The molecule has 1 heterocycles. The fraction of sp³-hybridized carbons (Fsp3) is 0.462. The zero-order chi connectivity index (χ0) is 11.0. The Labute approximate surface area is 91.4 Å². The van der Waals surface area contributed by atoms with Crippen LogP contribution < -0.4 is 0 Å². The van der Waals surface area contributed by atoms with Crippen molar-refractivity contribution in [1.29, 1.82) is 5.41 Å². The van der Waals surface area contributed by atoms with Crippen molar-refractivity contribution in [3.8, 4) is 0 Å². The van der Waals surface area contributed by atoms with E-state index in [9.17, 15) is 0 Å². The maximum atomic E-state index is 7.50. The number of hydrogen-bond acceptors (Lipinski definition) is 2. The van der Waals surface area contributed by atoms with Crippen LogP contribution in [0.3, 0.4) is 0 Å². The zero-order valence-corrected chi connectivity index (χ0v) is 9.67. The van der Waals surface area contributed by atoms with Gasteiger partial charge in [0.05, 0.1) is 0 Å². The number of aryl methyl sites for hydroxylation is 1. The molecule has 0 bridgehead atoms. The van der Waals surface area contributed by atoms with Crippen LogP contribution in [-0.2, 0) is 13.0 Å². The van der Waals surface area contributed by atoms with E-state index in [1.807, 2.05) is 0 Å². The Bertz CT molecular complexity index is 396. The molecule has 80 valence electrons. The van der Waals surface area contributed by atoms with Crippen molar-refractivity contribution in [2.24, 2.45) is 0 Å². The van der Waals surface area contributed by atoms with Gasteiger partial charge in [0.2, 0.25) is 0 Å². The van der Waals surface area contributed by atoms with Crippen molar-refractivity contribution in [2.45, 2.75) is 32.9 Å². The first-order valence-corrected chi connectivity index (χ1v) is 5.45. The Morgan fingerprint density at radius 2 is 2.20 bits per heavy atom. The van der Waals surface area contributed by atoms with Crippen molar-refractivity contribution < 1.29 is 0 Å². The van der Waals surface area contributed by atoms with Crippen molar-refractivity contribution in [3.63, 3.8) is 0 Å². The summed E-state index contributed by atoms with van der Waals surface area (Å²) in [6.07, 6.45) is 2.57. The van der Waals surface area contributed by atoms with Gasteiger partial charge in [0.25, 0.3) is 0 Å². The molecule has 0 fully saturated rings. The Kier molecular flexibility index (Phi) is 2.61. The van der Waals surface area contributed by atoms with Gasteiger partial charge in [-0.25, -0.2) is 0 Å². The van der Waals surface area contributed by atoms with Gasteiger partial charge >= 0.3 is 0 Å². The van der Waals surface area contributed by atoms with E-state index < -0.39 is 0 Å². The molecule has 0 saturated carbocycles. The van der Waals surface area contributed by atoms with E-state index in [0.717, 1.165) is 18.5 Å². The third-order valence-corrected chi connectivity index (χ3v) is 3.49. The van der Waals surface area contributed by atoms with Gasteiger partial charge in [-0.3, -0.25) is 4.90 Å². The van der Waals surface area contributed by atoms with Gasteiger partial charge in [-0.15, -0.1) is 0 Å². The molecule has 0 saturated heterocycles. The Morgan fingerprint density at radius 3 is 2.87 bits per heavy atom. The molecule has 2 heteroatoms. The van der Waals surface area contributed by atoms with E-state index in [2.05, 4.69) is 37.9 Å². The van der Waals surface area contributed by atoms with Gasteiger partial charge < -0.3 is 5.41 Å². The summed E-state index contributed by atoms with van der Waals surface area (Å²) in [4.78, 5) is 2.37. The number of likely N-dealkylation sites (N-methyl/N-ethyl adjacent to an activating group) is 1. The lowest BCUT2D eigenvalue weighted by Gasteiger charge is -2.32. The van der Waals surface area contributed by atoms with Crippen LogP contribution in [0.4, 0.5) is 0 Å². The average molecular weight is 202 g/mol. The molecule has 2 rings (SSSR count). The summed E-state index contributed by atoms with van der Waals surface area (Å²) >= 11 is 0. The normalized spacial score (nSPS) is 21.1. The molecule has 0 amide bonds. The van der Waals surface area contributed by atoms with E-state index in [0.29, 0.717) is 6.04 Å². The fourth-order valence-electron chi connectivity index (χ4n) is 2.29. The molecule has 0 unspecified atom stereocenters. The average Bonchev–Trinajstić information content (AvgIpc) is 2.21. The lowest BCUT2D eigenvalue weighted by Crippen LogP contribution is -2.35. The molecule has 1 atom stereocenters. The van der Waals surface area contributed by atoms with Crippen molar-refractivity contribution in [2.75, 3.05) is 7.05 Å². The summed E-state index contributed by atoms with van der Waals surface area (Å²) in [6, 6.07) is 4.92. The second-order valence-electron chi connectivity index (χ2n) is 4.55. The third kappa shape index (κ3) is 1.70. The highest BCUT2D eigenvalue weighted by Gasteiger charge is 2.21. The van der Waals surface area contributed by atoms with E-state index in [1.165, 1.54) is 22.9 Å². The summed E-state index contributed by atoms with van der Waals surface area (Å²) in [5, 5.41) is 7.50. The number of hydrogen-bond donors (Lipinski definition) is 1. The lowest BCUT2D eigenvalue weighted by molar-refractivity contribution is 0.231. The quantitative estimate of drug-likeness (QED) is 0.695. The van der Waals surface area contributed by atoms with E-state index >= 15 is 0 Å². The van der Waals surface area contributed by atoms with Crippen LogP contribution in [0.2, 0.25) is 0 Å². The summed E-state index contributed by atoms with van der Waals surface area (Å²) in [7, 11) is 2.16. The van der Waals surface area contributed by atoms with Gasteiger partial charge in [-0.2, -0.15) is 0 Å². The number of rotatable bonds is 1. The van der Waals surface area contributed by atoms with Crippen LogP contribution in [0.15, 0.2) is 12.1 Å². The molecule has 0 spiro atoms. The number of fused-ring (bicyclic) bond motifs is 1. The van der Waals surface area contributed by atoms with Crippen molar-refractivity contribution in [1.82, 2.24) is 4.90 Å². The van der Waals surface area contributed by atoms with E-state index in [1.54, 1.807) is 0 Å². The summed E-state index contributed by atoms with van der Waals surface area (Å²) in [5.41, 5.74) is 5.13. The van der Waals surface area contributed by atoms with Gasteiger partial charge in [-0.1, -0.05) is 12.1 Å². The van der Waals surface area contributed by atoms with Crippen LogP contribution in [0.1, 0.15) is 29.2 Å². The molecule has 1 aromatic carbocycles. The SMILES string of the molecule is Cc1ccc2c(c1C=N)C[C@@H](C)N(C)C2. The molecule has 1 aromatic rings. The number of nitrogens with zero attached hydrogens (tertiary/aromatic N) is 1. The molecule has 0 aromatic heterocycles. The molecule has 0 aliphatic carbocycles. The van der Waals surface area contributed by atoms with E-state index in [-0.39, 0.29) is 0 Å². The van der Waals surface area contributed by atoms with Crippen LogP contribution >= 0.6 is 0 Å². The van der Waals surface area contributed by atoms with Crippen LogP contribution in [0.25, 0.3) is 0 Å². The molecule has 2 nitrogen and oxygen atoms in total. The predicted octanol–water partition coefficient (Wildman–Crippen LogP) is 2.37. The first-order chi connectivity index (χ1) is 7.13. The van der Waals surface area contributed by atoms with Gasteiger partial charge in [0, 0.05) is 18.8 Å². The highest BCUT2D eigenvalue weighted by atomic mass is 15.1. The van der Waals surface area contributed by atoms with Crippen LogP contribution in [0.5, 0.6) is 0 Å². The molecular formula is C13H18N2. The largest absolute Gasteiger partial charge is 0.308 e. The summed E-state index contributed by atoms with van der Waals surface area (Å²) < 4.78 is 0. The summed E-state index contributed by atoms with van der Waals surface area (Å²) in [5.74, 6) is 0. The summed E-state index contributed by atoms with van der Waals surface area (Å²) in [6.45, 7) is 5.35. The highest BCUT2D eigenvalue weighted by Crippen LogP contribution is 2.26. The second kappa shape index (κ2) is 3.78. The molecular weight excluding hydrogens is 184 g/mol. The smallest absolute Gasteiger partial charge is 0.0255 e. The van der Waals surface area contributed by atoms with Crippen LogP contribution in [0, 0.1) is 12.3 Å². The minimum absolute atomic E-state index is 0.581. The van der Waals surface area contributed by atoms with Crippen molar-refractivity contribution in [3.05, 3.63) is 34.4 Å². The minimum Gasteiger partial charge on any atom is -0.308 e. The Balaban J connectivity index is 2.52. The zero-order valence-electron chi connectivity index (χ0n) is 9.67. The second-order valence-corrected chi connectivity index (χ2v) is 4.55. The molecule has 15 heavy (non-hydrogen) atoms. The Morgan fingerprint density at radius 1 is 1.47 bits per heavy atom. The third-order valence-electron chi connectivity index (χ3n) is 3.49.